The number of nitrogens with zero attached hydrogens (tertiary/aromatic N) is 6. The zero-order valence-corrected chi connectivity index (χ0v) is 13.1. The molecule has 3 aromatic rings. The summed E-state index contributed by atoms with van der Waals surface area (Å²) in [6.07, 6.45) is 4.33. The minimum Gasteiger partial charge on any atom is -0.247 e. The third kappa shape index (κ3) is 3.21. The zero-order valence-electron chi connectivity index (χ0n) is 12.2. The van der Waals surface area contributed by atoms with Gasteiger partial charge >= 0.3 is 0 Å². The van der Waals surface area contributed by atoms with E-state index < -0.39 is 10.0 Å². The summed E-state index contributed by atoms with van der Waals surface area (Å²) in [5.41, 5.74) is 0.605. The van der Waals surface area contributed by atoms with E-state index in [1.807, 2.05) is 6.07 Å². The maximum Gasteiger partial charge on any atom is 0.264 e. The molecule has 9 nitrogen and oxygen atoms in total. The molecule has 2 heterocycles. The van der Waals surface area contributed by atoms with Crippen LogP contribution in [0.15, 0.2) is 53.9 Å². The largest absolute Gasteiger partial charge is 0.264 e. The van der Waals surface area contributed by atoms with Crippen LogP contribution in [0.4, 0.5) is 5.95 Å². The molecular weight excluding hydrogens is 330 g/mol. The molecule has 0 radical (unpaired) electrons. The number of anilines is 1. The summed E-state index contributed by atoms with van der Waals surface area (Å²) in [6.45, 7) is 0. The Labute approximate surface area is 137 Å². The fraction of sp³-hybridized carbons (Fsp3) is 0.0714. The highest BCUT2D eigenvalue weighted by Crippen LogP contribution is 2.17. The Morgan fingerprint density at radius 3 is 2.71 bits per heavy atom. The lowest BCUT2D eigenvalue weighted by Gasteiger charge is -2.08. The number of benzene rings is 1. The van der Waals surface area contributed by atoms with Crippen molar-refractivity contribution in [3.8, 4) is 12.0 Å². The SMILES string of the molecule is N#CCc1cccc(S(=O)(=O)Nc2ncnn2-c2ncccn2)c1. The van der Waals surface area contributed by atoms with E-state index >= 15 is 0 Å². The van der Waals surface area contributed by atoms with Crippen molar-refractivity contribution in [2.24, 2.45) is 0 Å². The molecule has 0 spiro atoms. The van der Waals surface area contributed by atoms with Gasteiger partial charge in [0, 0.05) is 12.4 Å². The van der Waals surface area contributed by atoms with E-state index in [9.17, 15) is 8.42 Å². The zero-order chi connectivity index (χ0) is 17.0. The molecule has 0 saturated heterocycles. The molecule has 1 N–H and O–H groups in total. The molecule has 10 heteroatoms. The quantitative estimate of drug-likeness (QED) is 0.731. The van der Waals surface area contributed by atoms with Crippen molar-refractivity contribution >= 4 is 16.0 Å². The molecule has 120 valence electrons. The highest BCUT2D eigenvalue weighted by Gasteiger charge is 2.19. The van der Waals surface area contributed by atoms with E-state index in [0.29, 0.717) is 5.56 Å². The molecule has 2 aromatic heterocycles. The maximum atomic E-state index is 12.5. The summed E-state index contributed by atoms with van der Waals surface area (Å²) in [5.74, 6) is 0.151. The molecule has 0 unspecified atom stereocenters. The lowest BCUT2D eigenvalue weighted by atomic mass is 10.2. The van der Waals surface area contributed by atoms with Crippen molar-refractivity contribution in [3.05, 3.63) is 54.6 Å². The van der Waals surface area contributed by atoms with Crippen LogP contribution in [0.1, 0.15) is 5.56 Å². The van der Waals surface area contributed by atoms with Gasteiger partial charge in [-0.15, -0.1) is 0 Å². The van der Waals surface area contributed by atoms with Crippen LogP contribution in [0.2, 0.25) is 0 Å². The normalized spacial score (nSPS) is 11.0. The van der Waals surface area contributed by atoms with Crippen LogP contribution >= 0.6 is 0 Å². The van der Waals surface area contributed by atoms with Crippen LogP contribution in [-0.4, -0.2) is 33.2 Å². The summed E-state index contributed by atoms with van der Waals surface area (Å²) in [4.78, 5) is 11.9. The van der Waals surface area contributed by atoms with Gasteiger partial charge in [0.1, 0.15) is 6.33 Å². The van der Waals surface area contributed by atoms with Gasteiger partial charge in [0.05, 0.1) is 17.4 Å². The second-order valence-corrected chi connectivity index (χ2v) is 6.31. The van der Waals surface area contributed by atoms with Crippen LogP contribution < -0.4 is 4.72 Å². The number of rotatable bonds is 5. The Morgan fingerprint density at radius 2 is 1.96 bits per heavy atom. The molecule has 0 saturated carbocycles. The van der Waals surface area contributed by atoms with Crippen LogP contribution in [0, 0.1) is 11.3 Å². The first kappa shape index (κ1) is 15.6. The first-order valence-corrected chi connectivity index (χ1v) is 8.24. The lowest BCUT2D eigenvalue weighted by molar-refractivity contribution is 0.600. The number of sulfonamides is 1. The van der Waals surface area contributed by atoms with Gasteiger partial charge in [0.15, 0.2) is 0 Å². The van der Waals surface area contributed by atoms with E-state index in [1.165, 1.54) is 35.5 Å². The lowest BCUT2D eigenvalue weighted by Crippen LogP contribution is -2.17. The Hall–Kier alpha value is -3.32. The van der Waals surface area contributed by atoms with Gasteiger partial charge in [0.25, 0.3) is 16.0 Å². The third-order valence-corrected chi connectivity index (χ3v) is 4.33. The average Bonchev–Trinajstić information content (AvgIpc) is 3.04. The van der Waals surface area contributed by atoms with E-state index in [-0.39, 0.29) is 23.2 Å². The van der Waals surface area contributed by atoms with Crippen LogP contribution in [0.3, 0.4) is 0 Å². The molecule has 0 bridgehead atoms. The smallest absolute Gasteiger partial charge is 0.247 e. The van der Waals surface area contributed by atoms with E-state index in [0.717, 1.165) is 0 Å². The van der Waals surface area contributed by atoms with Gasteiger partial charge < -0.3 is 0 Å². The standard InChI is InChI=1S/C14H11N7O2S/c15-6-5-11-3-1-4-12(9-11)24(22,23)20-14-18-10-19-21(14)13-16-7-2-8-17-13/h1-4,7-10H,5H2,(H,18,19,20). The monoisotopic (exact) mass is 341 g/mol. The minimum atomic E-state index is -3.89. The summed E-state index contributed by atoms with van der Waals surface area (Å²) < 4.78 is 28.6. The summed E-state index contributed by atoms with van der Waals surface area (Å²) in [6, 6.07) is 9.74. The number of hydrogen-bond donors (Lipinski definition) is 1. The molecule has 0 atom stereocenters. The summed E-state index contributed by atoms with van der Waals surface area (Å²) in [7, 11) is -3.89. The van der Waals surface area contributed by atoms with E-state index in [2.05, 4.69) is 24.8 Å². The average molecular weight is 341 g/mol. The highest BCUT2D eigenvalue weighted by atomic mass is 32.2. The van der Waals surface area contributed by atoms with Crippen LogP contribution in [0.5, 0.6) is 0 Å². The molecule has 3 rings (SSSR count). The number of aromatic nitrogens is 5. The van der Waals surface area contributed by atoms with Crippen LogP contribution in [-0.2, 0) is 16.4 Å². The molecule has 0 aliphatic carbocycles. The van der Waals surface area contributed by atoms with Gasteiger partial charge in [-0.25, -0.2) is 23.1 Å². The van der Waals surface area contributed by atoms with Gasteiger partial charge in [-0.05, 0) is 23.8 Å². The molecule has 0 aliphatic heterocycles. The molecule has 0 amide bonds. The van der Waals surface area contributed by atoms with Gasteiger partial charge in [-0.1, -0.05) is 12.1 Å². The highest BCUT2D eigenvalue weighted by molar-refractivity contribution is 7.92. The maximum absolute atomic E-state index is 12.5. The first-order valence-electron chi connectivity index (χ1n) is 6.76. The molecule has 24 heavy (non-hydrogen) atoms. The Balaban J connectivity index is 1.93. The van der Waals surface area contributed by atoms with Crippen molar-refractivity contribution in [2.45, 2.75) is 11.3 Å². The Bertz CT molecular complexity index is 993. The van der Waals surface area contributed by atoms with Crippen molar-refractivity contribution in [2.75, 3.05) is 4.72 Å². The topological polar surface area (TPSA) is 126 Å². The van der Waals surface area contributed by atoms with Crippen molar-refractivity contribution in [1.29, 1.82) is 5.26 Å². The Morgan fingerprint density at radius 1 is 1.17 bits per heavy atom. The van der Waals surface area contributed by atoms with Crippen molar-refractivity contribution in [1.82, 2.24) is 24.7 Å². The predicted octanol–water partition coefficient (Wildman–Crippen LogP) is 0.924. The first-order chi connectivity index (χ1) is 11.6. The Kier molecular flexibility index (Phi) is 4.17. The van der Waals surface area contributed by atoms with Crippen molar-refractivity contribution in [3.63, 3.8) is 0 Å². The van der Waals surface area contributed by atoms with E-state index in [4.69, 9.17) is 5.26 Å². The molecule has 1 aromatic carbocycles. The number of hydrogen-bond acceptors (Lipinski definition) is 7. The molecular formula is C14H11N7O2S. The minimum absolute atomic E-state index is 0.0266. The van der Waals surface area contributed by atoms with Crippen LogP contribution in [0.25, 0.3) is 5.95 Å². The molecule has 0 aliphatic rings. The second kappa shape index (κ2) is 6.43. The number of nitrogens with one attached hydrogen (secondary N) is 1. The fourth-order valence-electron chi connectivity index (χ4n) is 1.95. The third-order valence-electron chi connectivity index (χ3n) is 3.01. The van der Waals surface area contributed by atoms with Gasteiger partial charge in [-0.3, -0.25) is 0 Å². The van der Waals surface area contributed by atoms with Gasteiger partial charge in [-0.2, -0.15) is 20.0 Å². The second-order valence-electron chi connectivity index (χ2n) is 4.63. The fourth-order valence-corrected chi connectivity index (χ4v) is 3.01. The number of nitriles is 1. The summed E-state index contributed by atoms with van der Waals surface area (Å²) in [5, 5.41) is 12.7. The molecule has 0 fully saturated rings. The predicted molar refractivity (Wildman–Crippen MR) is 83.5 cm³/mol. The van der Waals surface area contributed by atoms with E-state index in [1.54, 1.807) is 18.2 Å². The van der Waals surface area contributed by atoms with Crippen molar-refractivity contribution < 1.29 is 8.42 Å². The van der Waals surface area contributed by atoms with Gasteiger partial charge in [0.2, 0.25) is 5.95 Å². The summed E-state index contributed by atoms with van der Waals surface area (Å²) >= 11 is 0.